The summed E-state index contributed by atoms with van der Waals surface area (Å²) in [5.41, 5.74) is 1.34. The van der Waals surface area contributed by atoms with Crippen molar-refractivity contribution in [1.29, 1.82) is 0 Å². The molecule has 3 heteroatoms. The number of aryl methyl sites for hydroxylation is 1. The van der Waals surface area contributed by atoms with E-state index >= 15 is 0 Å². The summed E-state index contributed by atoms with van der Waals surface area (Å²) in [6.07, 6.45) is 8.29. The van der Waals surface area contributed by atoms with Gasteiger partial charge < -0.3 is 14.9 Å². The number of hydrogen-bond donors (Lipinski definition) is 1. The molecule has 2 saturated heterocycles. The molecule has 2 fully saturated rings. The van der Waals surface area contributed by atoms with Crippen LogP contribution in [0.4, 0.5) is 0 Å². The normalized spacial score (nSPS) is 22.5. The predicted molar refractivity (Wildman–Crippen MR) is 100 cm³/mol. The summed E-state index contributed by atoms with van der Waals surface area (Å²) in [5.74, 6) is 0.500. The first-order valence-corrected chi connectivity index (χ1v) is 9.98. The topological polar surface area (TPSA) is 26.7 Å². The van der Waals surface area contributed by atoms with Crippen molar-refractivity contribution < 1.29 is 5.11 Å². The average Bonchev–Trinajstić information content (AvgIpc) is 2.66. The summed E-state index contributed by atoms with van der Waals surface area (Å²) in [5, 5.41) is 10.5. The fourth-order valence-corrected chi connectivity index (χ4v) is 4.22. The predicted octanol–water partition coefficient (Wildman–Crippen LogP) is 3.18. The smallest absolute Gasteiger partial charge is 0.0572 e. The van der Waals surface area contributed by atoms with Crippen LogP contribution >= 0.6 is 0 Å². The molecule has 1 aromatic rings. The molecule has 0 radical (unpaired) electrons. The van der Waals surface area contributed by atoms with Crippen molar-refractivity contribution in [3.63, 3.8) is 0 Å². The second-order valence-electron chi connectivity index (χ2n) is 7.67. The summed E-state index contributed by atoms with van der Waals surface area (Å²) >= 11 is 0. The number of aliphatic hydroxyl groups is 1. The molecule has 134 valence electrons. The number of benzene rings is 1. The van der Waals surface area contributed by atoms with Crippen molar-refractivity contribution >= 4 is 0 Å². The minimum Gasteiger partial charge on any atom is -0.393 e. The van der Waals surface area contributed by atoms with E-state index in [2.05, 4.69) is 40.1 Å². The third-order valence-electron chi connectivity index (χ3n) is 5.93. The molecule has 2 aliphatic heterocycles. The van der Waals surface area contributed by atoms with Gasteiger partial charge in [-0.2, -0.15) is 0 Å². The molecule has 2 heterocycles. The molecule has 0 aromatic heterocycles. The van der Waals surface area contributed by atoms with Crippen LogP contribution in [0.2, 0.25) is 0 Å². The number of hydrogen-bond acceptors (Lipinski definition) is 3. The quantitative estimate of drug-likeness (QED) is 0.832. The van der Waals surface area contributed by atoms with Gasteiger partial charge in [-0.1, -0.05) is 36.8 Å². The van der Waals surface area contributed by atoms with Gasteiger partial charge in [-0.3, -0.25) is 0 Å². The van der Waals surface area contributed by atoms with Crippen LogP contribution < -0.4 is 0 Å². The summed E-state index contributed by atoms with van der Waals surface area (Å²) in [7, 11) is 0. The molecule has 0 aliphatic carbocycles. The second kappa shape index (κ2) is 9.55. The molecular formula is C21H34N2O. The maximum absolute atomic E-state index is 10.5. The molecule has 0 bridgehead atoms. The van der Waals surface area contributed by atoms with Crippen LogP contribution in [-0.2, 0) is 6.42 Å². The SMILES string of the molecule is OC(CCc1ccccc1)C1CCN(CCN2CCCCC2)CC1. The highest BCUT2D eigenvalue weighted by Crippen LogP contribution is 2.23. The van der Waals surface area contributed by atoms with E-state index in [4.69, 9.17) is 0 Å². The second-order valence-corrected chi connectivity index (χ2v) is 7.67. The van der Waals surface area contributed by atoms with Gasteiger partial charge in [0.25, 0.3) is 0 Å². The monoisotopic (exact) mass is 330 g/mol. The van der Waals surface area contributed by atoms with Crippen LogP contribution in [0, 0.1) is 5.92 Å². The maximum atomic E-state index is 10.5. The number of piperidine rings is 2. The van der Waals surface area contributed by atoms with Crippen molar-refractivity contribution in [3.8, 4) is 0 Å². The molecule has 0 saturated carbocycles. The van der Waals surface area contributed by atoms with Crippen LogP contribution in [0.15, 0.2) is 30.3 Å². The largest absolute Gasteiger partial charge is 0.393 e. The average molecular weight is 331 g/mol. The van der Waals surface area contributed by atoms with Gasteiger partial charge >= 0.3 is 0 Å². The highest BCUT2D eigenvalue weighted by molar-refractivity contribution is 5.14. The highest BCUT2D eigenvalue weighted by atomic mass is 16.3. The van der Waals surface area contributed by atoms with Gasteiger partial charge in [0.1, 0.15) is 0 Å². The van der Waals surface area contributed by atoms with Crippen LogP contribution in [0.5, 0.6) is 0 Å². The minimum absolute atomic E-state index is 0.130. The summed E-state index contributed by atoms with van der Waals surface area (Å²) in [6.45, 7) is 7.39. The van der Waals surface area contributed by atoms with Crippen LogP contribution in [0.1, 0.15) is 44.1 Å². The Morgan fingerprint density at radius 1 is 0.875 bits per heavy atom. The van der Waals surface area contributed by atoms with Crippen molar-refractivity contribution in [1.82, 2.24) is 9.80 Å². The molecule has 1 N–H and O–H groups in total. The van der Waals surface area contributed by atoms with E-state index in [1.165, 1.54) is 64.1 Å². The fraction of sp³-hybridized carbons (Fsp3) is 0.714. The first-order valence-electron chi connectivity index (χ1n) is 9.98. The van der Waals surface area contributed by atoms with E-state index in [-0.39, 0.29) is 6.10 Å². The molecule has 24 heavy (non-hydrogen) atoms. The number of likely N-dealkylation sites (tertiary alicyclic amines) is 2. The maximum Gasteiger partial charge on any atom is 0.0572 e. The first-order chi connectivity index (χ1) is 11.8. The van der Waals surface area contributed by atoms with Crippen molar-refractivity contribution in [2.75, 3.05) is 39.3 Å². The van der Waals surface area contributed by atoms with Gasteiger partial charge in [-0.05, 0) is 76.2 Å². The molecule has 1 aromatic carbocycles. The van der Waals surface area contributed by atoms with Gasteiger partial charge in [0, 0.05) is 13.1 Å². The van der Waals surface area contributed by atoms with E-state index in [1.54, 1.807) is 0 Å². The van der Waals surface area contributed by atoms with Crippen LogP contribution in [-0.4, -0.2) is 60.3 Å². The Morgan fingerprint density at radius 2 is 1.50 bits per heavy atom. The lowest BCUT2D eigenvalue weighted by molar-refractivity contribution is 0.0504. The summed E-state index contributed by atoms with van der Waals surface area (Å²) in [6, 6.07) is 10.6. The molecule has 1 unspecified atom stereocenters. The Kier molecular flexibility index (Phi) is 7.13. The van der Waals surface area contributed by atoms with Crippen LogP contribution in [0.25, 0.3) is 0 Å². The Hall–Kier alpha value is -0.900. The first kappa shape index (κ1) is 17.9. The molecule has 0 amide bonds. The standard InChI is InChI=1S/C21H34N2O/c24-21(10-9-19-7-3-1-4-8-19)20-11-15-23(16-12-20)18-17-22-13-5-2-6-14-22/h1,3-4,7-8,20-21,24H,2,5-6,9-18H2. The Balaban J connectivity index is 1.32. The summed E-state index contributed by atoms with van der Waals surface area (Å²) in [4.78, 5) is 5.24. The zero-order chi connectivity index (χ0) is 16.6. The van der Waals surface area contributed by atoms with E-state index in [9.17, 15) is 5.11 Å². The van der Waals surface area contributed by atoms with E-state index < -0.39 is 0 Å². The molecule has 3 rings (SSSR count). The molecular weight excluding hydrogens is 296 g/mol. The van der Waals surface area contributed by atoms with Crippen molar-refractivity contribution in [3.05, 3.63) is 35.9 Å². The highest BCUT2D eigenvalue weighted by Gasteiger charge is 2.25. The molecule has 0 spiro atoms. The van der Waals surface area contributed by atoms with E-state index in [0.29, 0.717) is 5.92 Å². The van der Waals surface area contributed by atoms with E-state index in [0.717, 1.165) is 25.7 Å². The third-order valence-corrected chi connectivity index (χ3v) is 5.93. The Labute approximate surface area is 147 Å². The number of rotatable bonds is 7. The zero-order valence-corrected chi connectivity index (χ0v) is 15.1. The van der Waals surface area contributed by atoms with Gasteiger partial charge in [-0.25, -0.2) is 0 Å². The number of aliphatic hydroxyl groups excluding tert-OH is 1. The lowest BCUT2D eigenvalue weighted by Gasteiger charge is -2.36. The Bertz CT molecular complexity index is 450. The molecule has 3 nitrogen and oxygen atoms in total. The lowest BCUT2D eigenvalue weighted by Crippen LogP contribution is -2.42. The van der Waals surface area contributed by atoms with Crippen molar-refractivity contribution in [2.45, 2.75) is 51.0 Å². The van der Waals surface area contributed by atoms with Gasteiger partial charge in [-0.15, -0.1) is 0 Å². The van der Waals surface area contributed by atoms with Gasteiger partial charge in [0.15, 0.2) is 0 Å². The van der Waals surface area contributed by atoms with E-state index in [1.807, 2.05) is 0 Å². The fourth-order valence-electron chi connectivity index (χ4n) is 4.22. The lowest BCUT2D eigenvalue weighted by atomic mass is 9.88. The minimum atomic E-state index is -0.130. The van der Waals surface area contributed by atoms with Gasteiger partial charge in [0.05, 0.1) is 6.10 Å². The molecule has 1 atom stereocenters. The van der Waals surface area contributed by atoms with Crippen molar-refractivity contribution in [2.24, 2.45) is 5.92 Å². The Morgan fingerprint density at radius 3 is 2.17 bits per heavy atom. The zero-order valence-electron chi connectivity index (χ0n) is 15.1. The summed E-state index contributed by atoms with van der Waals surface area (Å²) < 4.78 is 0. The van der Waals surface area contributed by atoms with Gasteiger partial charge in [0.2, 0.25) is 0 Å². The van der Waals surface area contributed by atoms with Crippen LogP contribution in [0.3, 0.4) is 0 Å². The third kappa shape index (κ3) is 5.58. The number of nitrogens with zero attached hydrogens (tertiary/aromatic N) is 2. The molecule has 2 aliphatic rings.